The number of aliphatic hydroxyl groups is 3. The summed E-state index contributed by atoms with van der Waals surface area (Å²) in [5.74, 6) is 2.64. The maximum Gasteiger partial charge on any atom is 0.0602 e. The van der Waals surface area contributed by atoms with Crippen molar-refractivity contribution in [1.29, 1.82) is 0 Å². The van der Waals surface area contributed by atoms with Crippen LogP contribution in [-0.2, 0) is 0 Å². The van der Waals surface area contributed by atoms with E-state index in [0.29, 0.717) is 35.5 Å². The molecule has 4 aliphatic rings. The number of fused-ring (bicyclic) bond motifs is 5. The lowest BCUT2D eigenvalue weighted by molar-refractivity contribution is -0.207. The average Bonchev–Trinajstić information content (AvgIpc) is 3.01. The lowest BCUT2D eigenvalue weighted by Crippen LogP contribution is -2.62. The fourth-order valence-electron chi connectivity index (χ4n) is 8.77. The summed E-state index contributed by atoms with van der Waals surface area (Å²) in [6.07, 6.45) is 8.18. The smallest absolute Gasteiger partial charge is 0.0602 e. The molecule has 4 nitrogen and oxygen atoms in total. The summed E-state index contributed by atoms with van der Waals surface area (Å²) in [6, 6.07) is 0. The Morgan fingerprint density at radius 2 is 1.75 bits per heavy atom. The first kappa shape index (κ1) is 21.1. The van der Waals surface area contributed by atoms with Gasteiger partial charge in [0.1, 0.15) is 0 Å². The Morgan fingerprint density at radius 3 is 2.46 bits per heavy atom. The van der Waals surface area contributed by atoms with Crippen molar-refractivity contribution in [3.05, 3.63) is 0 Å². The molecule has 0 aromatic carbocycles. The molecule has 5 N–H and O–H groups in total. The highest BCUT2D eigenvalue weighted by Crippen LogP contribution is 2.68. The van der Waals surface area contributed by atoms with Gasteiger partial charge in [-0.05, 0) is 111 Å². The Labute approximate surface area is 171 Å². The van der Waals surface area contributed by atoms with Crippen LogP contribution in [0.2, 0.25) is 0 Å². The van der Waals surface area contributed by atoms with Crippen LogP contribution in [0.3, 0.4) is 0 Å². The number of hydrogen-bond donors (Lipinski definition) is 4. The first-order chi connectivity index (χ1) is 13.2. The van der Waals surface area contributed by atoms with Gasteiger partial charge in [-0.3, -0.25) is 0 Å². The lowest BCUT2D eigenvalue weighted by atomic mass is 9.43. The molecule has 0 spiro atoms. The second kappa shape index (κ2) is 7.51. The molecule has 4 heteroatoms. The molecule has 0 saturated heterocycles. The van der Waals surface area contributed by atoms with Crippen LogP contribution in [-0.4, -0.2) is 40.2 Å². The van der Waals surface area contributed by atoms with Gasteiger partial charge in [0.15, 0.2) is 0 Å². The third kappa shape index (κ3) is 3.01. The molecule has 0 amide bonds. The number of rotatable bonds is 4. The van der Waals surface area contributed by atoms with E-state index in [1.165, 1.54) is 6.42 Å². The van der Waals surface area contributed by atoms with Gasteiger partial charge in [0, 0.05) is 0 Å². The van der Waals surface area contributed by atoms with Gasteiger partial charge in [-0.1, -0.05) is 20.8 Å². The second-order valence-electron chi connectivity index (χ2n) is 11.4. The molecule has 162 valence electrons. The number of hydrogen-bond acceptors (Lipinski definition) is 4. The van der Waals surface area contributed by atoms with Crippen molar-refractivity contribution >= 4 is 0 Å². The van der Waals surface area contributed by atoms with Gasteiger partial charge in [-0.15, -0.1) is 0 Å². The summed E-state index contributed by atoms with van der Waals surface area (Å²) in [4.78, 5) is 0. The van der Waals surface area contributed by atoms with Gasteiger partial charge in [0.25, 0.3) is 0 Å². The average molecular weight is 394 g/mol. The third-order valence-electron chi connectivity index (χ3n) is 10.4. The SMILES string of the molecule is C[C@H](CCCN)[C@H]1CC[C@H]2[C@@H]3[C@H](O)C[C@@H]4C[C@H](O)CC[C@]4(C)[C@H]3C[C@H](O)[C@]12C. The number of aliphatic hydroxyl groups excluding tert-OH is 3. The van der Waals surface area contributed by atoms with E-state index < -0.39 is 0 Å². The molecule has 28 heavy (non-hydrogen) atoms. The largest absolute Gasteiger partial charge is 0.393 e. The monoisotopic (exact) mass is 393 g/mol. The Hall–Kier alpha value is -0.160. The summed E-state index contributed by atoms with van der Waals surface area (Å²) in [6.45, 7) is 7.83. The molecule has 4 aliphatic carbocycles. The zero-order chi connectivity index (χ0) is 20.3. The Morgan fingerprint density at radius 1 is 1.00 bits per heavy atom. The maximum atomic E-state index is 11.5. The minimum absolute atomic E-state index is 0.0759. The highest BCUT2D eigenvalue weighted by molar-refractivity contribution is 5.14. The zero-order valence-electron chi connectivity index (χ0n) is 18.2. The predicted molar refractivity (Wildman–Crippen MR) is 111 cm³/mol. The van der Waals surface area contributed by atoms with Crippen molar-refractivity contribution in [2.75, 3.05) is 6.54 Å². The summed E-state index contributed by atoms with van der Waals surface area (Å²) in [5.41, 5.74) is 5.85. The van der Waals surface area contributed by atoms with Gasteiger partial charge in [-0.2, -0.15) is 0 Å². The molecule has 0 radical (unpaired) electrons. The highest BCUT2D eigenvalue weighted by atomic mass is 16.3. The molecule has 11 atom stereocenters. The topological polar surface area (TPSA) is 86.7 Å². The molecule has 0 aliphatic heterocycles. The molecule has 4 saturated carbocycles. The van der Waals surface area contributed by atoms with Crippen molar-refractivity contribution in [2.45, 2.75) is 96.9 Å². The van der Waals surface area contributed by atoms with Crippen LogP contribution < -0.4 is 5.73 Å². The van der Waals surface area contributed by atoms with Gasteiger partial charge in [0.05, 0.1) is 18.3 Å². The quantitative estimate of drug-likeness (QED) is 0.590. The molecule has 0 aromatic heterocycles. The molecule has 0 bridgehead atoms. The minimum Gasteiger partial charge on any atom is -0.393 e. The van der Waals surface area contributed by atoms with Gasteiger partial charge in [0.2, 0.25) is 0 Å². The van der Waals surface area contributed by atoms with Crippen molar-refractivity contribution in [3.63, 3.8) is 0 Å². The Bertz CT molecular complexity index is 570. The van der Waals surface area contributed by atoms with E-state index in [2.05, 4.69) is 20.8 Å². The van der Waals surface area contributed by atoms with Gasteiger partial charge in [-0.25, -0.2) is 0 Å². The van der Waals surface area contributed by atoms with Crippen molar-refractivity contribution < 1.29 is 15.3 Å². The summed E-state index contributed by atoms with van der Waals surface area (Å²) in [5, 5.41) is 33.0. The standard InChI is InChI=1S/C24H43NO3/c1-14(5-4-10-25)17-6-7-18-22-19(13-21(28)24(17,18)3)23(2)9-8-16(26)11-15(23)12-20(22)27/h14-22,26-28H,4-13,25H2,1-3H3/t14-,15+,16-,17-,18+,19+,20-,21+,22+,23+,24-/m1/s1. The van der Waals surface area contributed by atoms with E-state index in [9.17, 15) is 15.3 Å². The predicted octanol–water partition coefficient (Wildman–Crippen LogP) is 3.32. The molecular weight excluding hydrogens is 350 g/mol. The van der Waals surface area contributed by atoms with Crippen LogP contribution in [0.15, 0.2) is 0 Å². The van der Waals surface area contributed by atoms with Crippen molar-refractivity contribution in [1.82, 2.24) is 0 Å². The molecule has 4 rings (SSSR count). The van der Waals surface area contributed by atoms with Gasteiger partial charge < -0.3 is 21.1 Å². The van der Waals surface area contributed by atoms with E-state index in [1.807, 2.05) is 0 Å². The van der Waals surface area contributed by atoms with E-state index in [-0.39, 0.29) is 29.1 Å². The summed E-state index contributed by atoms with van der Waals surface area (Å²) < 4.78 is 0. The van der Waals surface area contributed by atoms with E-state index in [1.54, 1.807) is 0 Å². The fraction of sp³-hybridized carbons (Fsp3) is 1.00. The molecule has 0 unspecified atom stereocenters. The normalized spacial score (nSPS) is 54.5. The number of nitrogens with two attached hydrogens (primary N) is 1. The van der Waals surface area contributed by atoms with Crippen LogP contribution in [0.5, 0.6) is 0 Å². The van der Waals surface area contributed by atoms with Crippen LogP contribution in [0, 0.1) is 46.3 Å². The molecule has 4 fully saturated rings. The third-order valence-corrected chi connectivity index (χ3v) is 10.4. The van der Waals surface area contributed by atoms with E-state index in [4.69, 9.17) is 5.73 Å². The summed E-state index contributed by atoms with van der Waals surface area (Å²) >= 11 is 0. The summed E-state index contributed by atoms with van der Waals surface area (Å²) in [7, 11) is 0. The fourth-order valence-corrected chi connectivity index (χ4v) is 8.77. The Kier molecular flexibility index (Phi) is 5.66. The molecule has 0 heterocycles. The van der Waals surface area contributed by atoms with E-state index in [0.717, 1.165) is 57.9 Å². The van der Waals surface area contributed by atoms with Crippen molar-refractivity contribution in [2.24, 2.45) is 52.1 Å². The first-order valence-corrected chi connectivity index (χ1v) is 12.0. The van der Waals surface area contributed by atoms with Crippen LogP contribution in [0.25, 0.3) is 0 Å². The first-order valence-electron chi connectivity index (χ1n) is 12.0. The zero-order valence-corrected chi connectivity index (χ0v) is 18.2. The molecule has 0 aromatic rings. The lowest BCUT2D eigenvalue weighted by Gasteiger charge is -2.63. The van der Waals surface area contributed by atoms with Crippen LogP contribution >= 0.6 is 0 Å². The Balaban J connectivity index is 1.62. The van der Waals surface area contributed by atoms with Crippen LogP contribution in [0.1, 0.15) is 78.6 Å². The van der Waals surface area contributed by atoms with Gasteiger partial charge >= 0.3 is 0 Å². The minimum atomic E-state index is -0.277. The van der Waals surface area contributed by atoms with E-state index >= 15 is 0 Å². The second-order valence-corrected chi connectivity index (χ2v) is 11.4. The van der Waals surface area contributed by atoms with Crippen molar-refractivity contribution in [3.8, 4) is 0 Å². The van der Waals surface area contributed by atoms with Crippen LogP contribution in [0.4, 0.5) is 0 Å². The maximum absolute atomic E-state index is 11.5. The molecular formula is C24H43NO3. The highest BCUT2D eigenvalue weighted by Gasteiger charge is 2.65.